The molecule has 2 N–H and O–H groups in total. The van der Waals surface area contributed by atoms with E-state index < -0.39 is 24.4 Å². The summed E-state index contributed by atoms with van der Waals surface area (Å²) in [5, 5.41) is 5.73. The van der Waals surface area contributed by atoms with Gasteiger partial charge in [-0.1, -0.05) is 54.6 Å². The van der Waals surface area contributed by atoms with Crippen LogP contribution >= 0.6 is 0 Å². The van der Waals surface area contributed by atoms with E-state index in [4.69, 9.17) is 14.0 Å². The van der Waals surface area contributed by atoms with Crippen molar-refractivity contribution in [1.82, 2.24) is 5.32 Å². The zero-order valence-corrected chi connectivity index (χ0v) is 19.4. The van der Waals surface area contributed by atoms with Crippen LogP contribution in [0.4, 0.5) is 10.5 Å². The van der Waals surface area contributed by atoms with E-state index >= 15 is 0 Å². The Morgan fingerprint density at radius 3 is 2.48 bits per heavy atom. The molecule has 2 heterocycles. The average Bonchev–Trinajstić information content (AvgIpc) is 3.25. The summed E-state index contributed by atoms with van der Waals surface area (Å²) >= 11 is 0. The van der Waals surface area contributed by atoms with Gasteiger partial charge in [-0.05, 0) is 49.9 Å². The molecule has 0 saturated carbocycles. The molecule has 0 atom stereocenters. The summed E-state index contributed by atoms with van der Waals surface area (Å²) in [5.74, 6) is -0.0364. The number of amides is 2. The van der Waals surface area contributed by atoms with Crippen molar-refractivity contribution in [2.24, 2.45) is 0 Å². The topological polar surface area (TPSA) is 85.9 Å². The van der Waals surface area contributed by atoms with Crippen molar-refractivity contribution in [1.29, 1.82) is 0 Å². The van der Waals surface area contributed by atoms with Crippen LogP contribution in [0.5, 0.6) is 0 Å². The fourth-order valence-electron chi connectivity index (χ4n) is 3.74. The van der Waals surface area contributed by atoms with Gasteiger partial charge >= 0.3 is 13.2 Å². The van der Waals surface area contributed by atoms with Gasteiger partial charge in [-0.3, -0.25) is 4.79 Å². The van der Waals surface area contributed by atoms with Crippen LogP contribution in [0.15, 0.2) is 54.0 Å². The Morgan fingerprint density at radius 1 is 1.09 bits per heavy atom. The number of hydrogen-bond donors (Lipinski definition) is 2. The van der Waals surface area contributed by atoms with Crippen molar-refractivity contribution < 1.29 is 23.6 Å². The molecule has 0 radical (unpaired) electrons. The molecule has 1 fully saturated rings. The Morgan fingerprint density at radius 2 is 1.79 bits per heavy atom. The summed E-state index contributed by atoms with van der Waals surface area (Å²) in [6, 6.07) is 15.3. The van der Waals surface area contributed by atoms with Gasteiger partial charge in [0.1, 0.15) is 6.61 Å². The fourth-order valence-corrected chi connectivity index (χ4v) is 3.74. The van der Waals surface area contributed by atoms with Crippen LogP contribution in [0.1, 0.15) is 44.4 Å². The van der Waals surface area contributed by atoms with Crippen molar-refractivity contribution in [2.75, 3.05) is 11.9 Å². The second kappa shape index (κ2) is 9.04. The summed E-state index contributed by atoms with van der Waals surface area (Å²) in [6.07, 6.45) is 1.73. The van der Waals surface area contributed by atoms with Crippen molar-refractivity contribution in [3.63, 3.8) is 0 Å². The maximum absolute atomic E-state index is 12.4. The van der Waals surface area contributed by atoms with Gasteiger partial charge in [0.05, 0.1) is 23.3 Å². The number of anilines is 1. The summed E-state index contributed by atoms with van der Waals surface area (Å²) in [4.78, 5) is 24.3. The third-order valence-electron chi connectivity index (χ3n) is 6.34. The molecular weight excluding hydrogens is 419 g/mol. The maximum atomic E-state index is 12.4. The van der Waals surface area contributed by atoms with E-state index in [-0.39, 0.29) is 19.1 Å². The number of rotatable bonds is 6. The van der Waals surface area contributed by atoms with Crippen LogP contribution in [0, 0.1) is 0 Å². The van der Waals surface area contributed by atoms with E-state index in [1.165, 1.54) is 0 Å². The molecule has 0 aromatic heterocycles. The molecule has 1 saturated heterocycles. The first-order valence-corrected chi connectivity index (χ1v) is 11.1. The monoisotopic (exact) mass is 448 g/mol. The third-order valence-corrected chi connectivity index (χ3v) is 6.34. The van der Waals surface area contributed by atoms with Gasteiger partial charge in [-0.2, -0.15) is 0 Å². The summed E-state index contributed by atoms with van der Waals surface area (Å²) in [5.41, 5.74) is 3.13. The van der Waals surface area contributed by atoms with Gasteiger partial charge in [0.2, 0.25) is 5.91 Å². The molecule has 2 amide bonds. The summed E-state index contributed by atoms with van der Waals surface area (Å²) in [7, 11) is -0.655. The van der Waals surface area contributed by atoms with E-state index in [1.807, 2.05) is 82.3 Å². The first kappa shape index (κ1) is 23.1. The lowest BCUT2D eigenvalue weighted by Gasteiger charge is -2.32. The predicted molar refractivity (Wildman–Crippen MR) is 127 cm³/mol. The molecule has 0 bridgehead atoms. The molecule has 2 aliphatic heterocycles. The van der Waals surface area contributed by atoms with Crippen molar-refractivity contribution in [2.45, 2.75) is 51.9 Å². The molecular formula is C25H29BN2O5. The van der Waals surface area contributed by atoms with Crippen molar-refractivity contribution >= 4 is 30.9 Å². The van der Waals surface area contributed by atoms with Crippen LogP contribution < -0.4 is 10.6 Å². The second-order valence-corrected chi connectivity index (χ2v) is 9.33. The van der Waals surface area contributed by atoms with Gasteiger partial charge in [-0.15, -0.1) is 0 Å². The predicted octanol–water partition coefficient (Wildman–Crippen LogP) is 4.12. The largest absolute Gasteiger partial charge is 0.492 e. The van der Waals surface area contributed by atoms with E-state index in [2.05, 4.69) is 10.6 Å². The number of fused-ring (bicyclic) bond motifs is 1. The van der Waals surface area contributed by atoms with Gasteiger partial charge in [0.25, 0.3) is 0 Å². The second-order valence-electron chi connectivity index (χ2n) is 9.33. The van der Waals surface area contributed by atoms with Crippen LogP contribution in [0.3, 0.4) is 0 Å². The Labute approximate surface area is 194 Å². The Kier molecular flexibility index (Phi) is 6.32. The highest BCUT2D eigenvalue weighted by Gasteiger charge is 2.52. The molecule has 8 heteroatoms. The quantitative estimate of drug-likeness (QED) is 0.650. The molecule has 2 aliphatic rings. The number of carbonyl (C=O) groups excluding carboxylic acids is 2. The lowest BCUT2D eigenvalue weighted by Crippen LogP contribution is -2.41. The van der Waals surface area contributed by atoms with Crippen LogP contribution in [0.2, 0.25) is 0 Å². The molecule has 4 rings (SSSR count). The molecule has 7 nitrogen and oxygen atoms in total. The number of hydrogen-bond acceptors (Lipinski definition) is 5. The zero-order chi connectivity index (χ0) is 23.6. The average molecular weight is 448 g/mol. The molecule has 0 unspecified atom stereocenters. The first-order valence-electron chi connectivity index (χ1n) is 11.1. The maximum Gasteiger partial charge on any atom is 0.492 e. The number of carbonyl (C=O) groups is 2. The van der Waals surface area contributed by atoms with E-state index in [0.717, 1.165) is 27.9 Å². The smallest absolute Gasteiger partial charge is 0.445 e. The van der Waals surface area contributed by atoms with Gasteiger partial charge < -0.3 is 24.7 Å². The first-order chi connectivity index (χ1) is 15.6. The van der Waals surface area contributed by atoms with Crippen molar-refractivity contribution in [3.05, 3.63) is 70.7 Å². The molecule has 2 aromatic carbocycles. The molecule has 2 aromatic rings. The van der Waals surface area contributed by atoms with E-state index in [0.29, 0.717) is 6.42 Å². The normalized spacial score (nSPS) is 18.6. The highest BCUT2D eigenvalue weighted by atomic mass is 16.7. The highest BCUT2D eigenvalue weighted by molar-refractivity contribution is 6.56. The van der Waals surface area contributed by atoms with Crippen molar-refractivity contribution in [3.8, 4) is 0 Å². The minimum absolute atomic E-state index is 0.0364. The number of para-hydroxylation sites is 1. The standard InChI is InChI=1S/C25H29BN2O5/c1-24(2)25(3,4)33-26(32-24)20(13-18-11-8-12-19-14-21(29)28-22(18)19)15-27-23(30)31-16-17-9-6-5-7-10-17/h5-13H,14-16H2,1-4H3,(H,27,30)(H,28,29). The van der Waals surface area contributed by atoms with Gasteiger partial charge in [0.15, 0.2) is 0 Å². The van der Waals surface area contributed by atoms with Crippen LogP contribution in [-0.4, -0.2) is 36.9 Å². The summed E-state index contributed by atoms with van der Waals surface area (Å²) < 4.78 is 17.8. The zero-order valence-electron chi connectivity index (χ0n) is 19.4. The minimum Gasteiger partial charge on any atom is -0.445 e. The van der Waals surface area contributed by atoms with E-state index in [9.17, 15) is 9.59 Å². The molecule has 0 aliphatic carbocycles. The molecule has 0 spiro atoms. The Bertz CT molecular complexity index is 1070. The number of alkyl carbamates (subject to hydrolysis) is 1. The summed E-state index contributed by atoms with van der Waals surface area (Å²) in [6.45, 7) is 8.26. The minimum atomic E-state index is -0.655. The lowest BCUT2D eigenvalue weighted by atomic mass is 9.76. The van der Waals surface area contributed by atoms with Crippen LogP contribution in [-0.2, 0) is 31.9 Å². The molecule has 172 valence electrons. The van der Waals surface area contributed by atoms with Gasteiger partial charge in [0, 0.05) is 6.54 Å². The highest BCUT2D eigenvalue weighted by Crippen LogP contribution is 2.39. The number of nitrogens with one attached hydrogen (secondary N) is 2. The van der Waals surface area contributed by atoms with Gasteiger partial charge in [-0.25, -0.2) is 4.79 Å². The number of benzene rings is 2. The molecule has 33 heavy (non-hydrogen) atoms. The number of ether oxygens (including phenoxy) is 1. The SMILES string of the molecule is CC1(C)OB(C(=Cc2cccc3c2NC(=O)C3)CNC(=O)OCc2ccccc2)OC1(C)C. The Hall–Kier alpha value is -3.10. The Balaban J connectivity index is 1.53. The lowest BCUT2D eigenvalue weighted by molar-refractivity contribution is -0.115. The third kappa shape index (κ3) is 5.12. The fraction of sp³-hybridized carbons (Fsp3) is 0.360. The van der Waals surface area contributed by atoms with Crippen LogP contribution in [0.25, 0.3) is 6.08 Å². The van der Waals surface area contributed by atoms with E-state index in [1.54, 1.807) is 0 Å².